The van der Waals surface area contributed by atoms with Gasteiger partial charge in [0.1, 0.15) is 11.6 Å². The van der Waals surface area contributed by atoms with E-state index in [9.17, 15) is 0 Å². The summed E-state index contributed by atoms with van der Waals surface area (Å²) in [6.45, 7) is 8.07. The second-order valence-corrected chi connectivity index (χ2v) is 5.50. The molecule has 1 heterocycles. The normalized spacial score (nSPS) is 10.7. The summed E-state index contributed by atoms with van der Waals surface area (Å²) in [5, 5.41) is 7.72. The molecule has 1 aromatic carbocycles. The number of hydrogen-bond acceptors (Lipinski definition) is 3. The van der Waals surface area contributed by atoms with Gasteiger partial charge in [0, 0.05) is 5.69 Å². The highest BCUT2D eigenvalue weighted by molar-refractivity contribution is 5.98. The Morgan fingerprint density at radius 3 is 2.57 bits per heavy atom. The highest BCUT2D eigenvalue weighted by Gasteiger charge is 2.14. The molecule has 0 amide bonds. The molecular weight excluding hydrogens is 262 g/mol. The van der Waals surface area contributed by atoms with Gasteiger partial charge in [0.25, 0.3) is 0 Å². The number of amidine groups is 1. The number of nitrogens with one attached hydrogen (secondary N) is 1. The summed E-state index contributed by atoms with van der Waals surface area (Å²) in [5.41, 5.74) is 9.14. The Balaban J connectivity index is 2.44. The van der Waals surface area contributed by atoms with Crippen LogP contribution in [0, 0.1) is 19.3 Å². The topological polar surface area (TPSA) is 72.0 Å². The smallest absolute Gasteiger partial charge is 0.230 e. The van der Waals surface area contributed by atoms with Crippen molar-refractivity contribution in [3.05, 3.63) is 52.7 Å². The van der Waals surface area contributed by atoms with Crippen LogP contribution in [0.5, 0.6) is 11.6 Å². The molecule has 0 aliphatic heterocycles. The lowest BCUT2D eigenvalue weighted by atomic mass is 10.0. The molecule has 2 aromatic rings. The lowest BCUT2D eigenvalue weighted by Crippen LogP contribution is -2.15. The number of rotatable bonds is 4. The van der Waals surface area contributed by atoms with Gasteiger partial charge < -0.3 is 10.5 Å². The summed E-state index contributed by atoms with van der Waals surface area (Å²) >= 11 is 0. The lowest BCUT2D eigenvalue weighted by molar-refractivity contribution is 0.459. The van der Waals surface area contributed by atoms with Gasteiger partial charge in [-0.25, -0.2) is 4.98 Å². The van der Waals surface area contributed by atoms with E-state index in [4.69, 9.17) is 15.9 Å². The van der Waals surface area contributed by atoms with Gasteiger partial charge in [0.05, 0.1) is 5.56 Å². The first kappa shape index (κ1) is 15.0. The van der Waals surface area contributed by atoms with E-state index in [2.05, 4.69) is 24.9 Å². The van der Waals surface area contributed by atoms with E-state index in [1.807, 2.05) is 38.1 Å². The number of pyridine rings is 1. The van der Waals surface area contributed by atoms with Crippen LogP contribution in [0.2, 0.25) is 0 Å². The molecular formula is C17H21N3O. The minimum Gasteiger partial charge on any atom is -0.438 e. The predicted octanol–water partition coefficient (Wildman–Crippen LogP) is 3.90. The molecule has 0 saturated carbocycles. The van der Waals surface area contributed by atoms with Crippen molar-refractivity contribution in [1.82, 2.24) is 4.98 Å². The molecule has 0 radical (unpaired) electrons. The summed E-state index contributed by atoms with van der Waals surface area (Å²) < 4.78 is 5.89. The molecule has 0 aliphatic rings. The Morgan fingerprint density at radius 2 is 1.95 bits per heavy atom. The molecule has 0 atom stereocenters. The zero-order valence-corrected chi connectivity index (χ0v) is 12.9. The molecule has 0 saturated heterocycles. The Kier molecular flexibility index (Phi) is 4.26. The molecule has 21 heavy (non-hydrogen) atoms. The van der Waals surface area contributed by atoms with E-state index in [0.717, 1.165) is 11.3 Å². The summed E-state index contributed by atoms with van der Waals surface area (Å²) in [7, 11) is 0. The van der Waals surface area contributed by atoms with Crippen molar-refractivity contribution in [2.75, 3.05) is 0 Å². The van der Waals surface area contributed by atoms with Gasteiger partial charge in [0.2, 0.25) is 5.88 Å². The summed E-state index contributed by atoms with van der Waals surface area (Å²) in [5.74, 6) is 1.49. The Morgan fingerprint density at radius 1 is 1.24 bits per heavy atom. The van der Waals surface area contributed by atoms with Crippen molar-refractivity contribution in [3.8, 4) is 11.6 Å². The van der Waals surface area contributed by atoms with Crippen molar-refractivity contribution in [2.24, 2.45) is 5.73 Å². The minimum atomic E-state index is -0.0324. The van der Waals surface area contributed by atoms with Crippen molar-refractivity contribution in [1.29, 1.82) is 5.41 Å². The summed E-state index contributed by atoms with van der Waals surface area (Å²) in [6, 6.07) is 9.80. The first-order chi connectivity index (χ1) is 9.88. The maximum absolute atomic E-state index is 7.72. The van der Waals surface area contributed by atoms with Crippen LogP contribution in [0.1, 0.15) is 42.1 Å². The number of aryl methyl sites for hydroxylation is 2. The van der Waals surface area contributed by atoms with Gasteiger partial charge in [-0.15, -0.1) is 0 Å². The van der Waals surface area contributed by atoms with E-state index in [0.29, 0.717) is 23.1 Å². The van der Waals surface area contributed by atoms with E-state index in [1.165, 1.54) is 5.56 Å². The highest BCUT2D eigenvalue weighted by Crippen LogP contribution is 2.28. The van der Waals surface area contributed by atoms with E-state index >= 15 is 0 Å². The Hall–Kier alpha value is -2.36. The average Bonchev–Trinajstić information content (AvgIpc) is 2.37. The zero-order chi connectivity index (χ0) is 15.6. The standard InChI is InChI=1S/C17H21N3O/c1-10(2)13-6-5-7-14(9-13)21-17-15(16(18)19)11(3)8-12(4)20-17/h5-10H,1-4H3,(H3,18,19). The molecule has 0 spiro atoms. The highest BCUT2D eigenvalue weighted by atomic mass is 16.5. The van der Waals surface area contributed by atoms with Crippen LogP contribution in [0.25, 0.3) is 0 Å². The van der Waals surface area contributed by atoms with Crippen molar-refractivity contribution in [2.45, 2.75) is 33.6 Å². The van der Waals surface area contributed by atoms with Gasteiger partial charge in [-0.1, -0.05) is 26.0 Å². The second-order valence-electron chi connectivity index (χ2n) is 5.50. The Bertz CT molecular complexity index is 678. The lowest BCUT2D eigenvalue weighted by Gasteiger charge is -2.14. The molecule has 110 valence electrons. The van der Waals surface area contributed by atoms with Gasteiger partial charge in [-0.3, -0.25) is 5.41 Å². The van der Waals surface area contributed by atoms with Gasteiger partial charge in [-0.2, -0.15) is 0 Å². The quantitative estimate of drug-likeness (QED) is 0.660. The molecule has 4 heteroatoms. The van der Waals surface area contributed by atoms with Crippen LogP contribution in [0.4, 0.5) is 0 Å². The fraction of sp³-hybridized carbons (Fsp3) is 0.294. The van der Waals surface area contributed by atoms with Crippen LogP contribution in [-0.2, 0) is 0 Å². The van der Waals surface area contributed by atoms with E-state index in [-0.39, 0.29) is 5.84 Å². The maximum Gasteiger partial charge on any atom is 0.230 e. The number of nitrogen functional groups attached to an aromatic ring is 1. The number of benzene rings is 1. The third-order valence-corrected chi connectivity index (χ3v) is 3.32. The predicted molar refractivity (Wildman–Crippen MR) is 85.3 cm³/mol. The average molecular weight is 283 g/mol. The molecule has 1 aromatic heterocycles. The van der Waals surface area contributed by atoms with E-state index < -0.39 is 0 Å². The third-order valence-electron chi connectivity index (χ3n) is 3.32. The maximum atomic E-state index is 7.72. The van der Waals surface area contributed by atoms with Crippen LogP contribution in [0.3, 0.4) is 0 Å². The zero-order valence-electron chi connectivity index (χ0n) is 12.9. The number of nitrogens with two attached hydrogens (primary N) is 1. The largest absolute Gasteiger partial charge is 0.438 e. The van der Waals surface area contributed by atoms with Crippen LogP contribution in [-0.4, -0.2) is 10.8 Å². The molecule has 3 N–H and O–H groups in total. The van der Waals surface area contributed by atoms with Crippen molar-refractivity contribution >= 4 is 5.84 Å². The number of aromatic nitrogens is 1. The van der Waals surface area contributed by atoms with Gasteiger partial charge >= 0.3 is 0 Å². The minimum absolute atomic E-state index is 0.0324. The molecule has 4 nitrogen and oxygen atoms in total. The fourth-order valence-corrected chi connectivity index (χ4v) is 2.25. The molecule has 0 aliphatic carbocycles. The molecule has 0 bridgehead atoms. The van der Waals surface area contributed by atoms with Crippen molar-refractivity contribution in [3.63, 3.8) is 0 Å². The fourth-order valence-electron chi connectivity index (χ4n) is 2.25. The van der Waals surface area contributed by atoms with Crippen LogP contribution in [0.15, 0.2) is 30.3 Å². The number of nitrogens with zero attached hydrogens (tertiary/aromatic N) is 1. The Labute approximate surface area is 125 Å². The van der Waals surface area contributed by atoms with Crippen molar-refractivity contribution < 1.29 is 4.74 Å². The first-order valence-electron chi connectivity index (χ1n) is 6.99. The summed E-state index contributed by atoms with van der Waals surface area (Å²) in [6.07, 6.45) is 0. The molecule has 0 fully saturated rings. The number of ether oxygens (including phenoxy) is 1. The third kappa shape index (κ3) is 3.40. The van der Waals surface area contributed by atoms with Gasteiger partial charge in [-0.05, 0) is 49.1 Å². The van der Waals surface area contributed by atoms with Gasteiger partial charge in [0.15, 0.2) is 0 Å². The van der Waals surface area contributed by atoms with Crippen LogP contribution >= 0.6 is 0 Å². The van der Waals surface area contributed by atoms with E-state index in [1.54, 1.807) is 0 Å². The molecule has 2 rings (SSSR count). The summed E-state index contributed by atoms with van der Waals surface area (Å²) in [4.78, 5) is 4.38. The SMILES string of the molecule is Cc1cc(C)c(C(=N)N)c(Oc2cccc(C(C)C)c2)n1. The second kappa shape index (κ2) is 5.95. The molecule has 0 unspecified atom stereocenters. The van der Waals surface area contributed by atoms with Crippen LogP contribution < -0.4 is 10.5 Å². The monoisotopic (exact) mass is 283 g/mol. The number of hydrogen-bond donors (Lipinski definition) is 2. The first-order valence-corrected chi connectivity index (χ1v) is 6.99.